The number of carbonyl (C=O) groups is 2. The van der Waals surface area contributed by atoms with Crippen LogP contribution in [0, 0.1) is 24.7 Å². The standard InChI is InChI=1S/C57H60N12O8S/c1-32(2)53(57(73)68-30-40(70)21-47(68)56(72)63-33(3)35-11-13-36(14-12-35)54-34(4)62-31-78-54)49-25-52(66-77-49)74-19-7-10-50-60-26-43(27-61-50)75-41-22-42(23-41)76-51-20-37(17-18-59-51)69-38-15-16-39(69)29-67(28-38)46-24-45(64-65-55(46)58)44-8-5-6-9-48(44)71/h5-6,8-9,11-14,17-18,20,24-27,31-33,38-42,47,53,70-71H,15-16,19,21-23,28-30H2,1-4H3,(H2,58,65)(H,63,72)/t33-,38+,39?,40+,41?,42?,47-,53-/m0/s1. The third-order valence-electron chi connectivity index (χ3n) is 15.0. The molecule has 1 aliphatic carbocycles. The maximum Gasteiger partial charge on any atom is 0.255 e. The van der Waals surface area contributed by atoms with Crippen LogP contribution in [0.4, 0.5) is 17.2 Å². The number of nitrogens with two attached hydrogens (primary N) is 1. The van der Waals surface area contributed by atoms with E-state index in [-0.39, 0.29) is 90.9 Å². The Morgan fingerprint density at radius 2 is 1.65 bits per heavy atom. The third kappa shape index (κ3) is 11.1. The summed E-state index contributed by atoms with van der Waals surface area (Å²) in [7, 11) is 0. The van der Waals surface area contributed by atoms with Gasteiger partial charge in [0.1, 0.15) is 29.9 Å². The summed E-state index contributed by atoms with van der Waals surface area (Å²) in [6, 6.07) is 21.9. The lowest BCUT2D eigenvalue weighted by Gasteiger charge is -2.43. The van der Waals surface area contributed by atoms with Crippen LogP contribution in [0.5, 0.6) is 23.3 Å². The Kier molecular flexibility index (Phi) is 14.8. The highest BCUT2D eigenvalue weighted by Gasteiger charge is 2.44. The molecule has 2 amide bonds. The number of thiazole rings is 1. The van der Waals surface area contributed by atoms with Gasteiger partial charge < -0.3 is 54.7 Å². The summed E-state index contributed by atoms with van der Waals surface area (Å²) in [5, 5.41) is 36.8. The molecule has 0 radical (unpaired) electrons. The van der Waals surface area contributed by atoms with Gasteiger partial charge in [-0.1, -0.05) is 56.2 Å². The number of nitrogen functional groups attached to an aromatic ring is 1. The van der Waals surface area contributed by atoms with Gasteiger partial charge in [-0.2, -0.15) is 0 Å². The van der Waals surface area contributed by atoms with Gasteiger partial charge in [0.2, 0.25) is 23.5 Å². The number of nitrogens with one attached hydrogen (secondary N) is 1. The van der Waals surface area contributed by atoms with Gasteiger partial charge >= 0.3 is 0 Å². The van der Waals surface area contributed by atoms with E-state index in [0.717, 1.165) is 59.0 Å². The minimum atomic E-state index is -0.866. The number of phenolic OH excluding ortho intramolecular Hbond substituents is 1. The van der Waals surface area contributed by atoms with E-state index in [0.29, 0.717) is 41.5 Å². The van der Waals surface area contributed by atoms with E-state index in [1.165, 1.54) is 4.90 Å². The molecule has 2 aromatic carbocycles. The van der Waals surface area contributed by atoms with Crippen molar-refractivity contribution in [3.05, 3.63) is 120 Å². The number of amides is 2. The van der Waals surface area contributed by atoms with Gasteiger partial charge in [0.15, 0.2) is 23.9 Å². The summed E-state index contributed by atoms with van der Waals surface area (Å²) in [5.74, 6) is 6.38. The number of likely N-dealkylation sites (tertiary alicyclic amines) is 1. The number of phenols is 1. The molecule has 2 bridgehead atoms. The van der Waals surface area contributed by atoms with Crippen LogP contribution in [0.25, 0.3) is 21.7 Å². The van der Waals surface area contributed by atoms with E-state index >= 15 is 0 Å². The Hall–Kier alpha value is -8.35. The Bertz CT molecular complexity index is 3330. The fourth-order valence-electron chi connectivity index (χ4n) is 11.0. The average molecular weight is 1070 g/mol. The molecule has 5 N–H and O–H groups in total. The first-order valence-corrected chi connectivity index (χ1v) is 27.1. The molecule has 3 aliphatic heterocycles. The number of para-hydroxylation sites is 1. The predicted octanol–water partition coefficient (Wildman–Crippen LogP) is 6.89. The second kappa shape index (κ2) is 22.3. The second-order valence-corrected chi connectivity index (χ2v) is 21.5. The summed E-state index contributed by atoms with van der Waals surface area (Å²) < 4.78 is 23.9. The number of nitrogens with zero attached hydrogens (tertiary/aromatic N) is 10. The SMILES string of the molecule is Cc1ncsc1-c1ccc([C@H](C)NC(=O)[C@@H]2C[C@@H](O)CN2C(=O)[C@H](c2cc(OCC#Cc3ncc(OC4CC(Oc5cc(N6C7CC[C@@H]6CN(c6cc(-c8ccccc8O)nnc6N)C7)ccn5)C4)cn3)no2)C(C)C)cc1. The fraction of sp³-hybridized carbons (Fsp3) is 0.386. The van der Waals surface area contributed by atoms with Crippen molar-refractivity contribution in [3.8, 4) is 56.8 Å². The summed E-state index contributed by atoms with van der Waals surface area (Å²) in [6.45, 7) is 9.13. The number of aryl methyl sites for hydroxylation is 1. The first-order valence-electron chi connectivity index (χ1n) is 26.3. The molecule has 11 rings (SSSR count). The molecule has 1 saturated carbocycles. The van der Waals surface area contributed by atoms with Gasteiger partial charge in [0.05, 0.1) is 52.0 Å². The summed E-state index contributed by atoms with van der Waals surface area (Å²) in [5.41, 5.74) is 14.2. The van der Waals surface area contributed by atoms with Crippen molar-refractivity contribution in [1.82, 2.24) is 45.5 Å². The summed E-state index contributed by atoms with van der Waals surface area (Å²) in [4.78, 5) is 52.8. The first kappa shape index (κ1) is 51.7. The van der Waals surface area contributed by atoms with Crippen LogP contribution in [-0.2, 0) is 9.59 Å². The number of pyridine rings is 1. The second-order valence-electron chi connectivity index (χ2n) is 20.7. The highest BCUT2D eigenvalue weighted by molar-refractivity contribution is 7.13. The molecule has 4 aliphatic rings. The number of β-amino-alcohol motifs (C(OH)–C–C–N with tert-alkyl or cyclic N) is 1. The molecule has 7 aromatic rings. The molecule has 21 heteroatoms. The summed E-state index contributed by atoms with van der Waals surface area (Å²) in [6.07, 6.45) is 7.56. The van der Waals surface area contributed by atoms with Gasteiger partial charge in [0.25, 0.3) is 5.88 Å². The maximum absolute atomic E-state index is 14.2. The lowest BCUT2D eigenvalue weighted by molar-refractivity contribution is -0.141. The third-order valence-corrected chi connectivity index (χ3v) is 15.9. The quantitative estimate of drug-likeness (QED) is 0.0719. The van der Waals surface area contributed by atoms with Gasteiger partial charge in [0, 0.05) is 80.6 Å². The Morgan fingerprint density at radius 1 is 0.897 bits per heavy atom. The fourth-order valence-corrected chi connectivity index (χ4v) is 11.8. The van der Waals surface area contributed by atoms with Gasteiger partial charge in [-0.15, -0.1) is 21.5 Å². The van der Waals surface area contributed by atoms with Crippen molar-refractivity contribution in [2.24, 2.45) is 5.92 Å². The zero-order valence-corrected chi connectivity index (χ0v) is 44.4. The maximum atomic E-state index is 14.2. The van der Waals surface area contributed by atoms with Crippen molar-refractivity contribution in [2.75, 3.05) is 41.8 Å². The highest BCUT2D eigenvalue weighted by Crippen LogP contribution is 2.41. The Morgan fingerprint density at radius 3 is 2.38 bits per heavy atom. The highest BCUT2D eigenvalue weighted by atomic mass is 32.1. The minimum absolute atomic E-state index is 0.0162. The van der Waals surface area contributed by atoms with Crippen molar-refractivity contribution >= 4 is 40.3 Å². The molecule has 3 saturated heterocycles. The van der Waals surface area contributed by atoms with E-state index in [4.69, 9.17) is 24.5 Å². The number of aliphatic hydroxyl groups excluding tert-OH is 1. The molecule has 0 spiro atoms. The van der Waals surface area contributed by atoms with Crippen molar-refractivity contribution in [2.45, 2.75) is 108 Å². The molecule has 5 aromatic heterocycles. The number of benzene rings is 2. The lowest BCUT2D eigenvalue weighted by Crippen LogP contribution is -2.54. The zero-order chi connectivity index (χ0) is 54.0. The topological polar surface area (TPSA) is 253 Å². The predicted molar refractivity (Wildman–Crippen MR) is 291 cm³/mol. The van der Waals surface area contributed by atoms with Crippen LogP contribution in [0.2, 0.25) is 0 Å². The van der Waals surface area contributed by atoms with Crippen LogP contribution < -0.4 is 35.1 Å². The zero-order valence-electron chi connectivity index (χ0n) is 43.6. The minimum Gasteiger partial charge on any atom is -0.507 e. The number of piperazine rings is 1. The lowest BCUT2D eigenvalue weighted by atomic mass is 9.91. The molecular formula is C57H60N12O8S. The van der Waals surface area contributed by atoms with Crippen LogP contribution in [0.3, 0.4) is 0 Å². The number of fused-ring (bicyclic) bond motifs is 2. The van der Waals surface area contributed by atoms with Crippen LogP contribution >= 0.6 is 11.3 Å². The number of aliphatic hydroxyl groups is 1. The molecule has 8 heterocycles. The van der Waals surface area contributed by atoms with Gasteiger partial charge in [-0.05, 0) is 79.1 Å². The van der Waals surface area contributed by atoms with Crippen LogP contribution in [0.1, 0.15) is 87.7 Å². The van der Waals surface area contributed by atoms with E-state index < -0.39 is 18.1 Å². The van der Waals surface area contributed by atoms with E-state index in [2.05, 4.69) is 62.2 Å². The van der Waals surface area contributed by atoms with Crippen molar-refractivity contribution in [1.29, 1.82) is 0 Å². The van der Waals surface area contributed by atoms with Gasteiger partial charge in [-0.3, -0.25) is 9.59 Å². The van der Waals surface area contributed by atoms with E-state index in [1.54, 1.807) is 48.1 Å². The molecule has 402 valence electrons. The smallest absolute Gasteiger partial charge is 0.255 e. The largest absolute Gasteiger partial charge is 0.507 e. The summed E-state index contributed by atoms with van der Waals surface area (Å²) >= 11 is 1.58. The first-order chi connectivity index (χ1) is 37.8. The Balaban J connectivity index is 0.627. The number of rotatable bonds is 16. The number of ether oxygens (including phenoxy) is 3. The molecule has 6 atom stereocenters. The number of carbonyl (C=O) groups excluding carboxylic acids is 2. The molecule has 1 unspecified atom stereocenters. The normalized spacial score (nSPS) is 21.3. The molecule has 78 heavy (non-hydrogen) atoms. The van der Waals surface area contributed by atoms with Crippen LogP contribution in [0.15, 0.2) is 101 Å². The van der Waals surface area contributed by atoms with Crippen molar-refractivity contribution < 1.29 is 38.5 Å². The Labute approximate surface area is 455 Å². The average Bonchev–Trinajstić information content (AvgIpc) is 4.28. The van der Waals surface area contributed by atoms with E-state index in [9.17, 15) is 19.8 Å². The number of anilines is 3. The van der Waals surface area contributed by atoms with Crippen molar-refractivity contribution in [3.63, 3.8) is 0 Å². The number of hydrogen-bond donors (Lipinski definition) is 4. The number of aromatic nitrogens is 7. The van der Waals surface area contributed by atoms with Gasteiger partial charge in [-0.25, -0.2) is 19.9 Å². The molecule has 4 fully saturated rings. The van der Waals surface area contributed by atoms with E-state index in [1.807, 2.05) is 87.8 Å². The van der Waals surface area contributed by atoms with Crippen LogP contribution in [-0.4, -0.2) is 125 Å². The molecule has 20 nitrogen and oxygen atoms in total. The monoisotopic (exact) mass is 1070 g/mol. The molecular weight excluding hydrogens is 1010 g/mol. The number of aromatic hydroxyl groups is 1. The number of hydrogen-bond acceptors (Lipinski definition) is 19.